The molecule has 2 heterocycles. The van der Waals surface area contributed by atoms with E-state index in [-0.39, 0.29) is 34.7 Å². The summed E-state index contributed by atoms with van der Waals surface area (Å²) >= 11 is 0. The highest BCUT2D eigenvalue weighted by molar-refractivity contribution is 5.88. The van der Waals surface area contributed by atoms with Crippen molar-refractivity contribution in [3.63, 3.8) is 0 Å². The second-order valence-corrected chi connectivity index (χ2v) is 7.73. The first-order valence-electron chi connectivity index (χ1n) is 8.38. The van der Waals surface area contributed by atoms with Crippen LogP contribution in [-0.2, 0) is 14.3 Å². The highest BCUT2D eigenvalue weighted by Crippen LogP contribution is 2.62. The summed E-state index contributed by atoms with van der Waals surface area (Å²) < 4.78 is 10.9. The average Bonchev–Trinajstić information content (AvgIpc) is 3.03. The Morgan fingerprint density at radius 3 is 2.83 bits per heavy atom. The lowest BCUT2D eigenvalue weighted by molar-refractivity contribution is -0.189. The topological polar surface area (TPSA) is 56.5 Å². The molecule has 0 bridgehead atoms. The van der Waals surface area contributed by atoms with Crippen molar-refractivity contribution in [3.8, 4) is 0 Å². The van der Waals surface area contributed by atoms with Gasteiger partial charge in [-0.25, -0.2) is 0 Å². The van der Waals surface area contributed by atoms with E-state index in [9.17, 15) is 9.59 Å². The molecule has 1 aromatic heterocycles. The molecule has 3 aliphatic rings. The van der Waals surface area contributed by atoms with Crippen molar-refractivity contribution in [2.45, 2.75) is 45.6 Å². The van der Waals surface area contributed by atoms with Crippen LogP contribution in [0.25, 0.3) is 0 Å². The highest BCUT2D eigenvalue weighted by atomic mass is 16.5. The lowest BCUT2D eigenvalue weighted by atomic mass is 9.47. The van der Waals surface area contributed by atoms with Gasteiger partial charge < -0.3 is 9.15 Å². The molecule has 23 heavy (non-hydrogen) atoms. The molecule has 1 saturated heterocycles. The second-order valence-electron chi connectivity index (χ2n) is 7.73. The van der Waals surface area contributed by atoms with E-state index in [1.807, 2.05) is 12.1 Å². The van der Waals surface area contributed by atoms with Crippen molar-refractivity contribution < 1.29 is 18.7 Å². The average molecular weight is 314 g/mol. The van der Waals surface area contributed by atoms with E-state index in [2.05, 4.69) is 19.9 Å². The van der Waals surface area contributed by atoms with Crippen molar-refractivity contribution in [2.24, 2.45) is 22.7 Å². The van der Waals surface area contributed by atoms with E-state index in [4.69, 9.17) is 9.15 Å². The van der Waals surface area contributed by atoms with Crippen molar-refractivity contribution in [1.29, 1.82) is 0 Å². The summed E-state index contributed by atoms with van der Waals surface area (Å²) in [6.45, 7) is 4.24. The van der Waals surface area contributed by atoms with Gasteiger partial charge in [-0.05, 0) is 36.7 Å². The number of ketones is 1. The Morgan fingerprint density at radius 1 is 1.26 bits per heavy atom. The zero-order chi connectivity index (χ0) is 16.2. The molecule has 0 radical (unpaired) electrons. The second kappa shape index (κ2) is 4.83. The number of fused-ring (bicyclic) bond motifs is 3. The van der Waals surface area contributed by atoms with Crippen LogP contribution < -0.4 is 0 Å². The minimum atomic E-state index is -0.349. The fourth-order valence-corrected chi connectivity index (χ4v) is 5.13. The first-order chi connectivity index (χ1) is 10.9. The predicted molar refractivity (Wildman–Crippen MR) is 83.4 cm³/mol. The Bertz CT molecular complexity index is 674. The Hall–Kier alpha value is -1.84. The largest absolute Gasteiger partial charge is 0.472 e. The molecule has 0 N–H and O–H groups in total. The zero-order valence-corrected chi connectivity index (χ0v) is 13.6. The molecule has 0 aromatic carbocycles. The number of cyclic esters (lactones) is 1. The number of allylic oxidation sites excluding steroid dienone is 2. The lowest BCUT2D eigenvalue weighted by Gasteiger charge is -2.57. The van der Waals surface area contributed by atoms with Crippen LogP contribution in [0.2, 0.25) is 0 Å². The van der Waals surface area contributed by atoms with Crippen LogP contribution in [0.15, 0.2) is 35.2 Å². The minimum Gasteiger partial charge on any atom is -0.472 e. The molecule has 0 unspecified atom stereocenters. The number of esters is 1. The SMILES string of the molecule is C[C@@]12C[C@@H](c3ccoc3)OC(=O)[C@@H]1CC[C@@]1(C)C(=O)CC=C[C@@H]21. The molecule has 4 heteroatoms. The number of rotatable bonds is 1. The van der Waals surface area contributed by atoms with E-state index >= 15 is 0 Å². The third-order valence-corrected chi connectivity index (χ3v) is 6.50. The first kappa shape index (κ1) is 14.7. The van der Waals surface area contributed by atoms with Crippen LogP contribution >= 0.6 is 0 Å². The van der Waals surface area contributed by atoms with Gasteiger partial charge in [0.15, 0.2) is 0 Å². The molecule has 2 fully saturated rings. The maximum atomic E-state index is 12.6. The van der Waals surface area contributed by atoms with Gasteiger partial charge in [-0.15, -0.1) is 0 Å². The molecule has 5 atom stereocenters. The van der Waals surface area contributed by atoms with Gasteiger partial charge in [0.1, 0.15) is 11.9 Å². The van der Waals surface area contributed by atoms with Gasteiger partial charge in [-0.1, -0.05) is 26.0 Å². The molecule has 2 aliphatic carbocycles. The van der Waals surface area contributed by atoms with Crippen molar-refractivity contribution in [3.05, 3.63) is 36.3 Å². The summed E-state index contributed by atoms with van der Waals surface area (Å²) in [4.78, 5) is 25.2. The van der Waals surface area contributed by atoms with Crippen molar-refractivity contribution >= 4 is 11.8 Å². The van der Waals surface area contributed by atoms with Crippen LogP contribution in [0.1, 0.15) is 51.2 Å². The van der Waals surface area contributed by atoms with Crippen LogP contribution in [0, 0.1) is 22.7 Å². The van der Waals surface area contributed by atoms with E-state index in [1.54, 1.807) is 12.5 Å². The Balaban J connectivity index is 1.75. The summed E-state index contributed by atoms with van der Waals surface area (Å²) in [7, 11) is 0. The van der Waals surface area contributed by atoms with Gasteiger partial charge in [0.25, 0.3) is 0 Å². The molecule has 1 aromatic rings. The maximum absolute atomic E-state index is 12.6. The van der Waals surface area contributed by atoms with Gasteiger partial charge in [0.05, 0.1) is 18.4 Å². The van der Waals surface area contributed by atoms with E-state index < -0.39 is 0 Å². The molecule has 4 nitrogen and oxygen atoms in total. The molecule has 1 saturated carbocycles. The number of carbonyl (C=O) groups is 2. The first-order valence-corrected chi connectivity index (χ1v) is 8.38. The zero-order valence-electron chi connectivity index (χ0n) is 13.6. The maximum Gasteiger partial charge on any atom is 0.310 e. The smallest absolute Gasteiger partial charge is 0.310 e. The lowest BCUT2D eigenvalue weighted by Crippen LogP contribution is -2.57. The molecule has 1 aliphatic heterocycles. The normalized spacial score (nSPS) is 42.8. The molecule has 0 amide bonds. The van der Waals surface area contributed by atoms with Crippen LogP contribution in [-0.4, -0.2) is 11.8 Å². The molecule has 4 rings (SSSR count). The van der Waals surface area contributed by atoms with Gasteiger partial charge in [-0.3, -0.25) is 9.59 Å². The fraction of sp³-hybridized carbons (Fsp3) is 0.579. The summed E-state index contributed by atoms with van der Waals surface area (Å²) in [5.74, 6) is 0.151. The Morgan fingerprint density at radius 2 is 2.09 bits per heavy atom. The van der Waals surface area contributed by atoms with Gasteiger partial charge in [0, 0.05) is 17.4 Å². The third-order valence-electron chi connectivity index (χ3n) is 6.50. The summed E-state index contributed by atoms with van der Waals surface area (Å²) in [5, 5.41) is 0. The number of ether oxygens (including phenoxy) is 1. The van der Waals surface area contributed by atoms with Crippen LogP contribution in [0.5, 0.6) is 0 Å². The Labute approximate surface area is 135 Å². The van der Waals surface area contributed by atoms with Crippen LogP contribution in [0.4, 0.5) is 0 Å². The summed E-state index contributed by atoms with van der Waals surface area (Å²) in [6, 6.07) is 1.85. The Kier molecular flexibility index (Phi) is 3.09. The van der Waals surface area contributed by atoms with E-state index in [1.165, 1.54) is 0 Å². The summed E-state index contributed by atoms with van der Waals surface area (Å²) in [5.41, 5.74) is 0.298. The highest BCUT2D eigenvalue weighted by Gasteiger charge is 2.61. The molecule has 0 spiro atoms. The molecular formula is C19H22O4. The van der Waals surface area contributed by atoms with Gasteiger partial charge in [-0.2, -0.15) is 0 Å². The molecule has 122 valence electrons. The molecular weight excluding hydrogens is 292 g/mol. The predicted octanol–water partition coefficient (Wildman–Crippen LogP) is 3.84. The van der Waals surface area contributed by atoms with Crippen LogP contribution in [0.3, 0.4) is 0 Å². The van der Waals surface area contributed by atoms with Gasteiger partial charge in [0.2, 0.25) is 0 Å². The number of Topliss-reactive ketones (excluding diaryl/α,β-unsaturated/α-hetero) is 1. The van der Waals surface area contributed by atoms with E-state index in [0.717, 1.165) is 24.8 Å². The number of furan rings is 1. The van der Waals surface area contributed by atoms with Crippen molar-refractivity contribution in [1.82, 2.24) is 0 Å². The quantitative estimate of drug-likeness (QED) is 0.584. The minimum absolute atomic E-state index is 0.0947. The standard InChI is InChI=1S/C19H22O4/c1-18-8-6-13-17(21)23-14(12-7-9-22-11-12)10-19(13,2)15(18)4-3-5-16(18)20/h3-4,7,9,11,13-15H,5-6,8,10H2,1-2H3/t13-,14-,15+,18+,19+/m0/s1. The van der Waals surface area contributed by atoms with Crippen molar-refractivity contribution in [2.75, 3.05) is 0 Å². The van der Waals surface area contributed by atoms with E-state index in [0.29, 0.717) is 12.2 Å². The summed E-state index contributed by atoms with van der Waals surface area (Å²) in [6.07, 6.45) is 9.89. The fourth-order valence-electron chi connectivity index (χ4n) is 5.13. The van der Waals surface area contributed by atoms with Gasteiger partial charge >= 0.3 is 5.97 Å². The number of hydrogen-bond acceptors (Lipinski definition) is 4. The monoisotopic (exact) mass is 314 g/mol. The third kappa shape index (κ3) is 1.97. The number of hydrogen-bond donors (Lipinski definition) is 0. The number of carbonyl (C=O) groups excluding carboxylic acids is 2.